The molecule has 0 amide bonds. The summed E-state index contributed by atoms with van der Waals surface area (Å²) in [5.74, 6) is 0. The van der Waals surface area contributed by atoms with Gasteiger partial charge in [-0.15, -0.1) is 0 Å². The van der Waals surface area contributed by atoms with E-state index in [9.17, 15) is 0 Å². The number of fused-ring (bicyclic) bond motifs is 13. The van der Waals surface area contributed by atoms with Gasteiger partial charge in [0.15, 0.2) is 0 Å². The minimum atomic E-state index is 1.20. The molecule has 0 saturated heterocycles. The van der Waals surface area contributed by atoms with Gasteiger partial charge in [-0.25, -0.2) is 0 Å². The van der Waals surface area contributed by atoms with Crippen LogP contribution in [-0.4, -0.2) is 7.05 Å². The molecule has 8 aromatic carbocycles. The Hall–Kier alpha value is -5.14. The molecule has 0 unspecified atom stereocenters. The summed E-state index contributed by atoms with van der Waals surface area (Å²) in [4.78, 5) is 2.29. The molecule has 1 nitrogen and oxygen atoms in total. The van der Waals surface area contributed by atoms with Crippen LogP contribution in [0.2, 0.25) is 0 Å². The fourth-order valence-electron chi connectivity index (χ4n) is 10.7. The number of benzene rings is 8. The van der Waals surface area contributed by atoms with Crippen LogP contribution >= 0.6 is 0 Å². The largest absolute Gasteiger partial charge is 0.345 e. The lowest BCUT2D eigenvalue weighted by Gasteiger charge is -2.29. The van der Waals surface area contributed by atoms with Gasteiger partial charge < -0.3 is 4.90 Å². The molecule has 4 aliphatic carbocycles. The van der Waals surface area contributed by atoms with E-state index in [-0.39, 0.29) is 0 Å². The zero-order valence-electron chi connectivity index (χ0n) is 27.3. The third-order valence-electron chi connectivity index (χ3n) is 12.7. The summed E-state index contributed by atoms with van der Waals surface area (Å²) in [6, 6.07) is 37.4. The molecule has 0 bridgehead atoms. The Morgan fingerprint density at radius 1 is 0.375 bits per heavy atom. The van der Waals surface area contributed by atoms with E-state index in [0.29, 0.717) is 0 Å². The molecule has 0 spiro atoms. The van der Waals surface area contributed by atoms with Crippen molar-refractivity contribution in [3.05, 3.63) is 119 Å². The monoisotopic (exact) mass is 613 g/mol. The first-order valence-electron chi connectivity index (χ1n) is 18.1. The predicted octanol–water partition coefficient (Wildman–Crippen LogP) is 12.6. The standard InChI is InChI=1S/C47H35N/c1-48(26-9-3-2-4-10-26)27-15-16-30-33-17-18-34-36-21-23-39-45-31-13-7-5-11-28(31)29-12-6-8-14-32(29)46(45)40-24-22-37(44(36)47(39)40)35-19-20-38(41(30)25-27)42(33)43(34)35/h2-4,9-10,15-25H,5-8,11-14H2,1H3. The fraction of sp³-hybridized carbons (Fsp3) is 0.191. The maximum absolute atomic E-state index is 2.51. The normalized spacial score (nSPS) is 15.4. The summed E-state index contributed by atoms with van der Waals surface area (Å²) in [5.41, 5.74) is 20.9. The summed E-state index contributed by atoms with van der Waals surface area (Å²) in [6.45, 7) is 0. The van der Waals surface area contributed by atoms with Crippen molar-refractivity contribution in [2.45, 2.75) is 51.4 Å². The lowest BCUT2D eigenvalue weighted by atomic mass is 9.75. The van der Waals surface area contributed by atoms with E-state index in [2.05, 4.69) is 109 Å². The topological polar surface area (TPSA) is 3.24 Å². The fourth-order valence-corrected chi connectivity index (χ4v) is 10.7. The van der Waals surface area contributed by atoms with Crippen LogP contribution in [0, 0.1) is 0 Å². The number of nitrogens with zero attached hydrogens (tertiary/aromatic N) is 1. The quantitative estimate of drug-likeness (QED) is 0.138. The summed E-state index contributed by atoms with van der Waals surface area (Å²) in [5, 5.41) is 11.5. The van der Waals surface area contributed by atoms with Gasteiger partial charge in [-0.3, -0.25) is 0 Å². The van der Waals surface area contributed by atoms with Gasteiger partial charge in [-0.2, -0.15) is 0 Å². The Kier molecular flexibility index (Phi) is 4.88. The Morgan fingerprint density at radius 3 is 1.40 bits per heavy atom. The molecule has 0 saturated carbocycles. The minimum Gasteiger partial charge on any atom is -0.345 e. The molecular weight excluding hydrogens is 579 g/mol. The minimum absolute atomic E-state index is 1.20. The van der Waals surface area contributed by atoms with Gasteiger partial charge in [0.05, 0.1) is 0 Å². The zero-order valence-corrected chi connectivity index (χ0v) is 27.3. The molecule has 0 aromatic heterocycles. The van der Waals surface area contributed by atoms with E-state index in [4.69, 9.17) is 0 Å². The van der Waals surface area contributed by atoms with Gasteiger partial charge in [0, 0.05) is 18.4 Å². The molecule has 4 aliphatic rings. The SMILES string of the molecule is CN(c1ccccc1)c1ccc2c(c1)-c1ccc3c4ccc5c6c(ccc(c7ccc-2c1c73)c64)-c1c2c(c3c(c1-5)CCCC3)CCCC2. The Labute approximate surface area is 280 Å². The molecule has 0 N–H and O–H groups in total. The Balaban J connectivity index is 1.13. The highest BCUT2D eigenvalue weighted by Gasteiger charge is 2.34. The Morgan fingerprint density at radius 2 is 0.833 bits per heavy atom. The number of hydrogen-bond donors (Lipinski definition) is 0. The molecule has 12 rings (SSSR count). The molecule has 0 radical (unpaired) electrons. The molecule has 0 heterocycles. The van der Waals surface area contributed by atoms with Gasteiger partial charge >= 0.3 is 0 Å². The average molecular weight is 614 g/mol. The predicted molar refractivity (Wildman–Crippen MR) is 204 cm³/mol. The van der Waals surface area contributed by atoms with Gasteiger partial charge in [-0.05, 0) is 185 Å². The first kappa shape index (κ1) is 25.9. The lowest BCUT2D eigenvalue weighted by Crippen LogP contribution is -2.15. The van der Waals surface area contributed by atoms with E-state index >= 15 is 0 Å². The van der Waals surface area contributed by atoms with Crippen molar-refractivity contribution in [2.24, 2.45) is 0 Å². The molecule has 0 aliphatic heterocycles. The summed E-state index contributed by atoms with van der Waals surface area (Å²) in [7, 11) is 2.17. The van der Waals surface area contributed by atoms with Crippen molar-refractivity contribution >= 4 is 54.5 Å². The zero-order chi connectivity index (χ0) is 31.2. The van der Waals surface area contributed by atoms with Crippen LogP contribution in [0.15, 0.2) is 97.1 Å². The van der Waals surface area contributed by atoms with E-state index < -0.39 is 0 Å². The van der Waals surface area contributed by atoms with Gasteiger partial charge in [0.25, 0.3) is 0 Å². The molecule has 1 heteroatoms. The van der Waals surface area contributed by atoms with E-state index in [1.807, 2.05) is 0 Å². The first-order valence-corrected chi connectivity index (χ1v) is 18.1. The highest BCUT2D eigenvalue weighted by Crippen LogP contribution is 2.58. The number of hydrogen-bond acceptors (Lipinski definition) is 1. The van der Waals surface area contributed by atoms with Crippen molar-refractivity contribution < 1.29 is 0 Å². The van der Waals surface area contributed by atoms with E-state index in [1.165, 1.54) is 139 Å². The summed E-state index contributed by atoms with van der Waals surface area (Å²) < 4.78 is 0. The lowest BCUT2D eigenvalue weighted by molar-refractivity contribution is 0.643. The second kappa shape index (κ2) is 9.05. The highest BCUT2D eigenvalue weighted by atomic mass is 15.1. The molecule has 0 atom stereocenters. The Bertz CT molecular complexity index is 2630. The highest BCUT2D eigenvalue weighted by molar-refractivity contribution is 6.40. The van der Waals surface area contributed by atoms with Crippen molar-refractivity contribution in [3.8, 4) is 44.5 Å². The van der Waals surface area contributed by atoms with Crippen LogP contribution in [-0.2, 0) is 25.7 Å². The smallest absolute Gasteiger partial charge is 0.0414 e. The van der Waals surface area contributed by atoms with Crippen molar-refractivity contribution in [1.29, 1.82) is 0 Å². The van der Waals surface area contributed by atoms with Gasteiger partial charge in [0.2, 0.25) is 0 Å². The molecule has 8 aromatic rings. The summed E-state index contributed by atoms with van der Waals surface area (Å²) in [6.07, 6.45) is 10.4. The van der Waals surface area contributed by atoms with Crippen LogP contribution in [0.5, 0.6) is 0 Å². The number of para-hydroxylation sites is 1. The van der Waals surface area contributed by atoms with Crippen LogP contribution < -0.4 is 4.90 Å². The van der Waals surface area contributed by atoms with Crippen molar-refractivity contribution in [1.82, 2.24) is 0 Å². The second-order valence-corrected chi connectivity index (χ2v) is 14.8. The first-order chi connectivity index (χ1) is 23.8. The molecule has 228 valence electrons. The molecular formula is C47H35N. The maximum atomic E-state index is 2.51. The maximum Gasteiger partial charge on any atom is 0.0414 e. The summed E-state index contributed by atoms with van der Waals surface area (Å²) >= 11 is 0. The van der Waals surface area contributed by atoms with Crippen LogP contribution in [0.25, 0.3) is 87.6 Å². The van der Waals surface area contributed by atoms with Crippen molar-refractivity contribution in [3.63, 3.8) is 0 Å². The van der Waals surface area contributed by atoms with Gasteiger partial charge in [-0.1, -0.05) is 72.8 Å². The number of rotatable bonds is 2. The van der Waals surface area contributed by atoms with Crippen LogP contribution in [0.3, 0.4) is 0 Å². The van der Waals surface area contributed by atoms with Gasteiger partial charge in [0.1, 0.15) is 0 Å². The third kappa shape index (κ3) is 3.05. The third-order valence-corrected chi connectivity index (χ3v) is 12.7. The second-order valence-electron chi connectivity index (χ2n) is 14.8. The van der Waals surface area contributed by atoms with Crippen LogP contribution in [0.1, 0.15) is 47.9 Å². The van der Waals surface area contributed by atoms with E-state index in [1.54, 1.807) is 33.4 Å². The van der Waals surface area contributed by atoms with Crippen molar-refractivity contribution in [2.75, 3.05) is 11.9 Å². The van der Waals surface area contributed by atoms with Crippen LogP contribution in [0.4, 0.5) is 11.4 Å². The average Bonchev–Trinajstić information content (AvgIpc) is 3.67. The molecule has 48 heavy (non-hydrogen) atoms. The molecule has 0 fully saturated rings. The van der Waals surface area contributed by atoms with E-state index in [0.717, 1.165) is 0 Å². The number of anilines is 2.